The van der Waals surface area contributed by atoms with Gasteiger partial charge >= 0.3 is 0 Å². The van der Waals surface area contributed by atoms with Crippen LogP contribution in [0.2, 0.25) is 0 Å². The first-order valence-corrected chi connectivity index (χ1v) is 7.30. The molecule has 0 saturated carbocycles. The molecule has 0 spiro atoms. The Bertz CT molecular complexity index is 434. The van der Waals surface area contributed by atoms with E-state index in [4.69, 9.17) is 9.47 Å². The summed E-state index contributed by atoms with van der Waals surface area (Å²) in [5.41, 5.74) is 1.06. The maximum Gasteiger partial charge on any atom is 0.227 e. The summed E-state index contributed by atoms with van der Waals surface area (Å²) in [7, 11) is 0. The number of nitrogens with one attached hydrogen (secondary N) is 2. The number of morpholine rings is 1. The second kappa shape index (κ2) is 5.96. The van der Waals surface area contributed by atoms with Crippen molar-refractivity contribution in [2.45, 2.75) is 25.5 Å². The number of nitrogens with zero attached hydrogens (tertiary/aromatic N) is 1. The molecule has 2 N–H and O–H groups in total. The van der Waals surface area contributed by atoms with Crippen LogP contribution in [0.4, 0.5) is 5.13 Å². The number of thiazole rings is 1. The van der Waals surface area contributed by atoms with Crippen molar-refractivity contribution in [3.8, 4) is 0 Å². The van der Waals surface area contributed by atoms with Gasteiger partial charge in [0, 0.05) is 25.4 Å². The summed E-state index contributed by atoms with van der Waals surface area (Å²) in [6.45, 7) is 3.45. The van der Waals surface area contributed by atoms with Crippen LogP contribution in [0.15, 0.2) is 0 Å². The Hall–Kier alpha value is -1.02. The number of rotatable bonds is 3. The highest BCUT2D eigenvalue weighted by Gasteiger charge is 2.19. The Morgan fingerprint density at radius 3 is 3.21 bits per heavy atom. The lowest BCUT2D eigenvalue weighted by Crippen LogP contribution is -2.43. The van der Waals surface area contributed by atoms with E-state index in [-0.39, 0.29) is 11.9 Å². The normalized spacial score (nSPS) is 22.8. The third-order valence-corrected chi connectivity index (χ3v) is 4.16. The molecule has 1 atom stereocenters. The van der Waals surface area contributed by atoms with Crippen LogP contribution in [0.1, 0.15) is 17.0 Å². The van der Waals surface area contributed by atoms with Crippen molar-refractivity contribution in [1.82, 2.24) is 10.3 Å². The number of hydrogen-bond acceptors (Lipinski definition) is 6. The fourth-order valence-electron chi connectivity index (χ4n) is 2.22. The minimum atomic E-state index is -0.0185. The topological polar surface area (TPSA) is 72.5 Å². The Morgan fingerprint density at radius 2 is 2.42 bits per heavy atom. The van der Waals surface area contributed by atoms with Crippen molar-refractivity contribution in [3.05, 3.63) is 10.6 Å². The fraction of sp³-hybridized carbons (Fsp3) is 0.667. The van der Waals surface area contributed by atoms with E-state index >= 15 is 0 Å². The van der Waals surface area contributed by atoms with Gasteiger partial charge in [0.2, 0.25) is 5.91 Å². The maximum atomic E-state index is 11.9. The molecule has 7 heteroatoms. The van der Waals surface area contributed by atoms with Gasteiger partial charge in [-0.3, -0.25) is 4.79 Å². The third kappa shape index (κ3) is 3.30. The number of anilines is 1. The first-order valence-electron chi connectivity index (χ1n) is 6.48. The second-order valence-corrected chi connectivity index (χ2v) is 5.75. The molecular weight excluding hydrogens is 266 g/mol. The van der Waals surface area contributed by atoms with Crippen molar-refractivity contribution >= 4 is 22.4 Å². The Kier molecular flexibility index (Phi) is 4.07. The SMILES string of the molecule is O=C(CC1COCCN1)Nc1nc2c(s1)COCC2. The van der Waals surface area contributed by atoms with E-state index in [1.807, 2.05) is 0 Å². The molecular formula is C12H17N3O3S. The number of carbonyl (C=O) groups is 1. The van der Waals surface area contributed by atoms with Crippen LogP contribution in [-0.4, -0.2) is 43.3 Å². The van der Waals surface area contributed by atoms with Gasteiger partial charge in [0.05, 0.1) is 37.0 Å². The zero-order chi connectivity index (χ0) is 13.1. The van der Waals surface area contributed by atoms with Crippen LogP contribution >= 0.6 is 11.3 Å². The Labute approximate surface area is 115 Å². The monoisotopic (exact) mass is 283 g/mol. The molecule has 1 unspecified atom stereocenters. The van der Waals surface area contributed by atoms with Gasteiger partial charge in [-0.25, -0.2) is 4.98 Å². The van der Waals surface area contributed by atoms with Crippen molar-refractivity contribution in [1.29, 1.82) is 0 Å². The minimum Gasteiger partial charge on any atom is -0.378 e. The van der Waals surface area contributed by atoms with Gasteiger partial charge in [-0.15, -0.1) is 0 Å². The van der Waals surface area contributed by atoms with E-state index in [0.29, 0.717) is 31.4 Å². The predicted molar refractivity (Wildman–Crippen MR) is 71.3 cm³/mol. The first-order chi connectivity index (χ1) is 9.31. The molecule has 1 aromatic rings. The summed E-state index contributed by atoms with van der Waals surface area (Å²) in [4.78, 5) is 17.5. The summed E-state index contributed by atoms with van der Waals surface area (Å²) in [5.74, 6) is -0.0185. The van der Waals surface area contributed by atoms with Crippen LogP contribution in [0.3, 0.4) is 0 Å². The third-order valence-electron chi connectivity index (χ3n) is 3.17. The van der Waals surface area contributed by atoms with Crippen LogP contribution in [0, 0.1) is 0 Å². The van der Waals surface area contributed by atoms with E-state index < -0.39 is 0 Å². The van der Waals surface area contributed by atoms with E-state index in [1.54, 1.807) is 0 Å². The lowest BCUT2D eigenvalue weighted by atomic mass is 10.2. The van der Waals surface area contributed by atoms with Crippen molar-refractivity contribution in [2.75, 3.05) is 31.7 Å². The summed E-state index contributed by atoms with van der Waals surface area (Å²) in [6, 6.07) is 0.103. The molecule has 3 rings (SSSR count). The fourth-order valence-corrected chi connectivity index (χ4v) is 3.19. The molecule has 1 saturated heterocycles. The summed E-state index contributed by atoms with van der Waals surface area (Å²) in [5, 5.41) is 6.80. The highest BCUT2D eigenvalue weighted by Crippen LogP contribution is 2.27. The number of amides is 1. The first kappa shape index (κ1) is 13.0. The smallest absolute Gasteiger partial charge is 0.227 e. The predicted octanol–water partition coefficient (Wildman–Crippen LogP) is 0.533. The van der Waals surface area contributed by atoms with Crippen molar-refractivity contribution < 1.29 is 14.3 Å². The molecule has 1 amide bonds. The molecule has 3 heterocycles. The molecule has 19 heavy (non-hydrogen) atoms. The zero-order valence-corrected chi connectivity index (χ0v) is 11.4. The molecule has 104 valence electrons. The molecule has 0 bridgehead atoms. The molecule has 1 fully saturated rings. The van der Waals surface area contributed by atoms with E-state index in [2.05, 4.69) is 15.6 Å². The number of hydrogen-bond donors (Lipinski definition) is 2. The number of ether oxygens (including phenoxy) is 2. The van der Waals surface area contributed by atoms with Gasteiger partial charge in [0.15, 0.2) is 5.13 Å². The van der Waals surface area contributed by atoms with Crippen LogP contribution in [0.5, 0.6) is 0 Å². The van der Waals surface area contributed by atoms with Gasteiger partial charge in [-0.1, -0.05) is 11.3 Å². The van der Waals surface area contributed by atoms with Crippen molar-refractivity contribution in [2.24, 2.45) is 0 Å². The Morgan fingerprint density at radius 1 is 1.47 bits per heavy atom. The van der Waals surface area contributed by atoms with E-state index in [1.165, 1.54) is 11.3 Å². The van der Waals surface area contributed by atoms with Crippen molar-refractivity contribution in [3.63, 3.8) is 0 Å². The number of carbonyl (C=O) groups excluding carboxylic acids is 1. The summed E-state index contributed by atoms with van der Waals surface area (Å²) in [6.07, 6.45) is 1.25. The van der Waals surface area contributed by atoms with E-state index in [9.17, 15) is 4.79 Å². The highest BCUT2D eigenvalue weighted by atomic mass is 32.1. The molecule has 2 aliphatic heterocycles. The largest absolute Gasteiger partial charge is 0.378 e. The van der Waals surface area contributed by atoms with Gasteiger partial charge in [0.25, 0.3) is 0 Å². The molecule has 6 nitrogen and oxygen atoms in total. The molecule has 2 aliphatic rings. The van der Waals surface area contributed by atoms with Crippen LogP contribution in [-0.2, 0) is 27.3 Å². The highest BCUT2D eigenvalue weighted by molar-refractivity contribution is 7.15. The molecule has 1 aromatic heterocycles. The van der Waals surface area contributed by atoms with Gasteiger partial charge in [0.1, 0.15) is 0 Å². The quantitative estimate of drug-likeness (QED) is 0.847. The summed E-state index contributed by atoms with van der Waals surface area (Å²) >= 11 is 1.51. The lowest BCUT2D eigenvalue weighted by Gasteiger charge is -2.22. The Balaban J connectivity index is 1.55. The summed E-state index contributed by atoms with van der Waals surface area (Å²) < 4.78 is 10.7. The standard InChI is InChI=1S/C12H17N3O3S/c16-11(5-8-6-18-4-2-13-8)15-12-14-9-1-3-17-7-10(9)19-12/h8,13H,1-7H2,(H,14,15,16). The van der Waals surface area contributed by atoms with Gasteiger partial charge < -0.3 is 20.1 Å². The maximum absolute atomic E-state index is 11.9. The average molecular weight is 283 g/mol. The van der Waals surface area contributed by atoms with Crippen LogP contribution in [0.25, 0.3) is 0 Å². The molecule has 0 radical (unpaired) electrons. The number of aromatic nitrogens is 1. The van der Waals surface area contributed by atoms with Crippen LogP contribution < -0.4 is 10.6 Å². The molecule has 0 aromatic carbocycles. The van der Waals surface area contributed by atoms with Gasteiger partial charge in [-0.05, 0) is 0 Å². The number of fused-ring (bicyclic) bond motifs is 1. The van der Waals surface area contributed by atoms with E-state index in [0.717, 1.165) is 30.1 Å². The minimum absolute atomic E-state index is 0.0185. The second-order valence-electron chi connectivity index (χ2n) is 4.67. The average Bonchev–Trinajstić information content (AvgIpc) is 2.81. The lowest BCUT2D eigenvalue weighted by molar-refractivity contribution is -0.117. The van der Waals surface area contributed by atoms with Gasteiger partial charge in [-0.2, -0.15) is 0 Å². The molecule has 0 aliphatic carbocycles. The zero-order valence-electron chi connectivity index (χ0n) is 10.6.